The average Bonchev–Trinajstić information content (AvgIpc) is 4.06. The molecule has 10 aliphatic rings. The van der Waals surface area contributed by atoms with Crippen LogP contribution < -0.4 is 0 Å². The molecule has 0 saturated carbocycles. The Morgan fingerprint density at radius 1 is 0.347 bits per heavy atom. The first-order chi connectivity index (χ1) is 23.9. The van der Waals surface area contributed by atoms with Crippen molar-refractivity contribution >= 4 is 11.6 Å². The summed E-state index contributed by atoms with van der Waals surface area (Å²) in [5.41, 5.74) is 0. The van der Waals surface area contributed by atoms with E-state index in [1.54, 1.807) is 0 Å². The van der Waals surface area contributed by atoms with Crippen molar-refractivity contribution < 1.29 is 16.1 Å². The van der Waals surface area contributed by atoms with Gasteiger partial charge in [0.1, 0.15) is 0 Å². The van der Waals surface area contributed by atoms with Crippen molar-refractivity contribution in [3.05, 3.63) is 0 Å². The number of ketones is 2. The molecule has 1 spiro atoms. The molecule has 10 aliphatic heterocycles. The summed E-state index contributed by atoms with van der Waals surface area (Å²) in [6, 6.07) is 0. The van der Waals surface area contributed by atoms with E-state index in [2.05, 4.69) is 13.8 Å². The number of carbonyl (C=O) groups excluding carboxylic acids is 2. The molecule has 282 valence electrons. The second kappa shape index (κ2) is 7.44. The van der Waals surface area contributed by atoms with Gasteiger partial charge in [-0.3, -0.25) is 0 Å². The zero-order chi connectivity index (χ0) is 33.7. The summed E-state index contributed by atoms with van der Waals surface area (Å²) in [4.78, 5) is 37.2. The molecule has 10 rings (SSSR count). The van der Waals surface area contributed by atoms with Crippen molar-refractivity contribution in [3.8, 4) is 0 Å². The number of Topliss-reactive ketones (excluding diaryl/α,β-unsaturated/α-hetero) is 2. The van der Waals surface area contributed by atoms with Crippen LogP contribution in [-0.4, -0.2) is 11.6 Å². The Labute approximate surface area is 292 Å². The molecule has 3 heteroatoms. The standard InChI is InChI=1S/C41H73O2.C5H5.Fe/c1-3-5-7-9-11-13-15-17-19-21-23-25-27-29-31-36-40(42)38-34-33-35-39(38)41(43)37-32-30-28-26-24-22-20-18-16-14-12-10-8-6-4-2;1-2-4-5-3-1;/h33-35H,3-32,36-37H2,1-2H3;1-5H;. The van der Waals surface area contributed by atoms with Crippen LogP contribution in [0.15, 0.2) is 0 Å². The van der Waals surface area contributed by atoms with Crippen LogP contribution >= 0.6 is 0 Å². The molecule has 49 heavy (non-hydrogen) atoms. The van der Waals surface area contributed by atoms with Gasteiger partial charge in [-0.2, -0.15) is 0 Å². The summed E-state index contributed by atoms with van der Waals surface area (Å²) < 4.78 is 0.212. The molecule has 10 heterocycles. The summed E-state index contributed by atoms with van der Waals surface area (Å²) in [5, 5.41) is 0. The maximum absolute atomic E-state index is 14.5. The summed E-state index contributed by atoms with van der Waals surface area (Å²) in [5.74, 6) is 1.46. The van der Waals surface area contributed by atoms with Crippen molar-refractivity contribution in [2.75, 3.05) is 0 Å². The summed E-state index contributed by atoms with van der Waals surface area (Å²) in [6.07, 6.45) is 43.2. The van der Waals surface area contributed by atoms with Gasteiger partial charge in [0.2, 0.25) is 0 Å². The molecule has 10 saturated heterocycles. The van der Waals surface area contributed by atoms with E-state index in [0.29, 0.717) is 0 Å². The van der Waals surface area contributed by atoms with Crippen molar-refractivity contribution in [1.29, 1.82) is 0 Å². The molecule has 0 N–H and O–H groups in total. The third-order valence-corrected chi connectivity index (χ3v) is 66.5. The molecule has 10 fully saturated rings. The minimum absolute atomic E-state index is 0.106. The van der Waals surface area contributed by atoms with E-state index in [0.717, 1.165) is 75.8 Å². The molecule has 4 atom stereocenters. The summed E-state index contributed by atoms with van der Waals surface area (Å²) in [6.45, 7) is 0.654. The van der Waals surface area contributed by atoms with Crippen molar-refractivity contribution in [3.63, 3.8) is 0 Å². The van der Waals surface area contributed by atoms with Crippen molar-refractivity contribution in [2.45, 2.75) is 266 Å². The van der Waals surface area contributed by atoms with E-state index in [1.165, 1.54) is 180 Å². The fourth-order valence-corrected chi connectivity index (χ4v) is 99.8. The zero-order valence-electron chi connectivity index (χ0n) is 32.4. The molecule has 0 radical (unpaired) electrons. The van der Waals surface area contributed by atoms with Crippen LogP contribution in [0.1, 0.15) is 219 Å². The van der Waals surface area contributed by atoms with Crippen LogP contribution in [-0.2, 0) is 16.1 Å². The first-order valence-electron chi connectivity index (χ1n) is 23.2. The zero-order valence-corrected chi connectivity index (χ0v) is 33.5. The topological polar surface area (TPSA) is 34.1 Å². The van der Waals surface area contributed by atoms with Gasteiger partial charge in [0.25, 0.3) is 0 Å². The molecule has 4 unspecified atom stereocenters. The summed E-state index contributed by atoms with van der Waals surface area (Å²) >= 11 is 0. The first-order valence-corrected chi connectivity index (χ1v) is 29.4. The van der Waals surface area contributed by atoms with Crippen LogP contribution in [0.2, 0.25) is 47.2 Å². The Morgan fingerprint density at radius 3 is 0.776 bits per heavy atom. The van der Waals surface area contributed by atoms with Crippen molar-refractivity contribution in [1.82, 2.24) is 0 Å². The number of hydrogen-bond acceptors (Lipinski definition) is 2. The molecule has 0 aromatic rings. The third-order valence-electron chi connectivity index (χ3n) is 23.7. The van der Waals surface area contributed by atoms with Crippen molar-refractivity contribution in [2.24, 2.45) is 0 Å². The number of fused-ring (bicyclic) bond motifs is 10. The minimum atomic E-state index is -3.95. The van der Waals surface area contributed by atoms with E-state index >= 15 is 0 Å². The number of carbonyl (C=O) groups is 2. The molecule has 0 aromatic heterocycles. The van der Waals surface area contributed by atoms with E-state index in [1.807, 2.05) is 0 Å². The Hall–Kier alpha value is -0.141. The monoisotopic (exact) mass is 719 g/mol. The van der Waals surface area contributed by atoms with Gasteiger partial charge in [-0.05, 0) is 0 Å². The average molecular weight is 719 g/mol. The third kappa shape index (κ3) is 1.35. The van der Waals surface area contributed by atoms with Gasteiger partial charge < -0.3 is 0 Å². The van der Waals surface area contributed by atoms with E-state index in [9.17, 15) is 9.59 Å². The van der Waals surface area contributed by atoms with Gasteiger partial charge in [-0.25, -0.2) is 0 Å². The van der Waals surface area contributed by atoms with E-state index < -0.39 is 6.51 Å². The van der Waals surface area contributed by atoms with E-state index in [4.69, 9.17) is 0 Å². The normalized spacial score (nSPS) is 50.6. The molecule has 0 aliphatic carbocycles. The SMILES string of the molecule is CCCCCCCCCCCCCCCCCC(=O)[C]12[CH]3[CH]4[CH]5[C]1(C(=O)CCCCCCCCCCCCCCCCC)[Fe]43521678[CH]2[CH]1[CH]6[CH]7[CH]28. The second-order valence-electron chi connectivity index (χ2n) is 22.0. The molecular formula is C46H78FeO2. The van der Waals surface area contributed by atoms with Gasteiger partial charge in [0, 0.05) is 0 Å². The second-order valence-corrected chi connectivity index (χ2v) is 45.2. The number of hydrogen-bond donors (Lipinski definition) is 0. The van der Waals surface area contributed by atoms with Crippen LogP contribution in [0.3, 0.4) is 0 Å². The first kappa shape index (κ1) is 33.4. The van der Waals surface area contributed by atoms with Crippen LogP contribution in [0.5, 0.6) is 0 Å². The van der Waals surface area contributed by atoms with Gasteiger partial charge in [0.05, 0.1) is 0 Å². The Kier molecular flexibility index (Phi) is 5.07. The van der Waals surface area contributed by atoms with Gasteiger partial charge in [-0.1, -0.05) is 90.9 Å². The molecule has 2 nitrogen and oxygen atoms in total. The van der Waals surface area contributed by atoms with E-state index in [-0.39, 0.29) is 8.63 Å². The predicted octanol–water partition coefficient (Wildman–Crippen LogP) is 15.8. The predicted molar refractivity (Wildman–Crippen MR) is 204 cm³/mol. The quantitative estimate of drug-likeness (QED) is 0.0490. The number of rotatable bonds is 34. The molecular weight excluding hydrogens is 640 g/mol. The van der Waals surface area contributed by atoms with Crippen LogP contribution in [0, 0.1) is 0 Å². The Morgan fingerprint density at radius 2 is 0.571 bits per heavy atom. The van der Waals surface area contributed by atoms with Crippen LogP contribution in [0.25, 0.3) is 0 Å². The fourth-order valence-electron chi connectivity index (χ4n) is 23.8. The fraction of sp³-hybridized carbons (Fsp3) is 0.957. The Bertz CT molecular complexity index is 1490. The molecule has 0 bridgehead atoms. The number of unbranched alkanes of at least 4 members (excludes halogenated alkanes) is 28. The van der Waals surface area contributed by atoms with Gasteiger partial charge >= 0.3 is 203 Å². The molecule has 0 aromatic carbocycles. The maximum atomic E-state index is 14.5. The van der Waals surface area contributed by atoms with Gasteiger partial charge in [-0.15, -0.1) is 0 Å². The summed E-state index contributed by atoms with van der Waals surface area (Å²) in [7, 11) is 0. The molecule has 0 amide bonds. The van der Waals surface area contributed by atoms with Crippen LogP contribution in [0.4, 0.5) is 0 Å². The Balaban J connectivity index is 0.622. The van der Waals surface area contributed by atoms with Gasteiger partial charge in [0.15, 0.2) is 0 Å².